The van der Waals surface area contributed by atoms with E-state index in [0.29, 0.717) is 45.4 Å². The van der Waals surface area contributed by atoms with Crippen LogP contribution in [0.3, 0.4) is 0 Å². The molecule has 1 aliphatic heterocycles. The lowest BCUT2D eigenvalue weighted by molar-refractivity contribution is -0.141. The standard InChI is InChI=1S/C26H30N2O3/c1-2-26(14-8-16-31-19-20-9-4-3-5-10-20)17-24(29)28(25(26)30)15-13-21-18-27-23-12-7-6-11-22(21)23/h3-7,9-12,18,27H,2,8,13-17,19H2,1H3. The van der Waals surface area contributed by atoms with Crippen molar-refractivity contribution < 1.29 is 14.3 Å². The molecule has 2 heterocycles. The molecule has 1 atom stereocenters. The smallest absolute Gasteiger partial charge is 0.235 e. The zero-order valence-electron chi connectivity index (χ0n) is 18.1. The normalized spacial score (nSPS) is 18.9. The minimum Gasteiger partial charge on any atom is -0.377 e. The molecular formula is C26H30N2O3. The van der Waals surface area contributed by atoms with E-state index in [0.717, 1.165) is 28.5 Å². The second-order valence-electron chi connectivity index (χ2n) is 8.41. The summed E-state index contributed by atoms with van der Waals surface area (Å²) >= 11 is 0. The first kappa shape index (κ1) is 21.3. The van der Waals surface area contributed by atoms with Gasteiger partial charge in [-0.25, -0.2) is 0 Å². The largest absolute Gasteiger partial charge is 0.377 e. The van der Waals surface area contributed by atoms with E-state index in [1.807, 2.05) is 61.7 Å². The van der Waals surface area contributed by atoms with Crippen molar-refractivity contribution >= 4 is 22.7 Å². The quantitative estimate of drug-likeness (QED) is 0.378. The number of fused-ring (bicyclic) bond motifs is 1. The van der Waals surface area contributed by atoms with Gasteiger partial charge in [-0.05, 0) is 42.9 Å². The molecule has 1 aromatic heterocycles. The number of hydrogen-bond donors (Lipinski definition) is 1. The van der Waals surface area contributed by atoms with Gasteiger partial charge < -0.3 is 9.72 Å². The number of nitrogens with zero attached hydrogens (tertiary/aromatic N) is 1. The number of amides is 2. The fourth-order valence-corrected chi connectivity index (χ4v) is 4.58. The zero-order chi connectivity index (χ0) is 21.7. The lowest BCUT2D eigenvalue weighted by atomic mass is 9.79. The third kappa shape index (κ3) is 4.57. The van der Waals surface area contributed by atoms with Crippen molar-refractivity contribution in [2.45, 2.75) is 45.6 Å². The fraction of sp³-hybridized carbons (Fsp3) is 0.385. The van der Waals surface area contributed by atoms with Crippen LogP contribution >= 0.6 is 0 Å². The van der Waals surface area contributed by atoms with Gasteiger partial charge >= 0.3 is 0 Å². The topological polar surface area (TPSA) is 62.4 Å². The Balaban J connectivity index is 1.31. The average Bonchev–Trinajstić information content (AvgIpc) is 3.31. The van der Waals surface area contributed by atoms with E-state index >= 15 is 0 Å². The summed E-state index contributed by atoms with van der Waals surface area (Å²) in [6.07, 6.45) is 5.10. The summed E-state index contributed by atoms with van der Waals surface area (Å²) in [5.74, 6) is -0.0557. The van der Waals surface area contributed by atoms with Gasteiger partial charge in [0.15, 0.2) is 0 Å². The highest BCUT2D eigenvalue weighted by Gasteiger charge is 2.49. The second-order valence-corrected chi connectivity index (χ2v) is 8.41. The highest BCUT2D eigenvalue weighted by Crippen LogP contribution is 2.40. The number of likely N-dealkylation sites (tertiary alicyclic amines) is 1. The Kier molecular flexibility index (Phi) is 6.52. The molecule has 0 saturated carbocycles. The number of H-pyrrole nitrogens is 1. The molecule has 0 spiro atoms. The van der Waals surface area contributed by atoms with Crippen LogP contribution in [0, 0.1) is 5.41 Å². The molecule has 2 aromatic carbocycles. The molecule has 1 unspecified atom stereocenters. The summed E-state index contributed by atoms with van der Waals surface area (Å²) in [5, 5.41) is 1.15. The average molecular weight is 419 g/mol. The molecule has 1 N–H and O–H groups in total. The number of para-hydroxylation sites is 1. The van der Waals surface area contributed by atoms with E-state index in [4.69, 9.17) is 4.74 Å². The highest BCUT2D eigenvalue weighted by atomic mass is 16.5. The summed E-state index contributed by atoms with van der Waals surface area (Å²) in [7, 11) is 0. The number of hydrogen-bond acceptors (Lipinski definition) is 3. The van der Waals surface area contributed by atoms with Crippen LogP contribution in [0.25, 0.3) is 10.9 Å². The van der Waals surface area contributed by atoms with E-state index in [-0.39, 0.29) is 11.8 Å². The molecule has 1 saturated heterocycles. The highest BCUT2D eigenvalue weighted by molar-refractivity contribution is 6.05. The number of ether oxygens (including phenoxy) is 1. The summed E-state index contributed by atoms with van der Waals surface area (Å²) in [4.78, 5) is 30.7. The second kappa shape index (κ2) is 9.48. The summed E-state index contributed by atoms with van der Waals surface area (Å²) in [6.45, 7) is 3.61. The Hall–Kier alpha value is -2.92. The predicted molar refractivity (Wildman–Crippen MR) is 121 cm³/mol. The van der Waals surface area contributed by atoms with Crippen molar-refractivity contribution in [3.63, 3.8) is 0 Å². The number of benzene rings is 2. The first-order valence-corrected chi connectivity index (χ1v) is 11.1. The SMILES string of the molecule is CCC1(CCCOCc2ccccc2)CC(=O)N(CCc2c[nH]c3ccccc23)C1=O. The van der Waals surface area contributed by atoms with Gasteiger partial charge in [0, 0.05) is 36.7 Å². The van der Waals surface area contributed by atoms with Crippen molar-refractivity contribution in [2.75, 3.05) is 13.2 Å². The number of rotatable bonds is 10. The molecule has 162 valence electrons. The monoisotopic (exact) mass is 418 g/mol. The van der Waals surface area contributed by atoms with Crippen molar-refractivity contribution in [3.05, 3.63) is 71.9 Å². The zero-order valence-corrected chi connectivity index (χ0v) is 18.1. The number of imide groups is 1. The van der Waals surface area contributed by atoms with E-state index in [1.165, 1.54) is 4.90 Å². The van der Waals surface area contributed by atoms with Gasteiger partial charge in [-0.1, -0.05) is 55.5 Å². The molecule has 0 aliphatic carbocycles. The molecule has 1 fully saturated rings. The molecule has 5 nitrogen and oxygen atoms in total. The Morgan fingerprint density at radius 1 is 1.06 bits per heavy atom. The van der Waals surface area contributed by atoms with E-state index in [2.05, 4.69) is 11.1 Å². The van der Waals surface area contributed by atoms with Gasteiger partial charge in [0.25, 0.3) is 0 Å². The van der Waals surface area contributed by atoms with Crippen LogP contribution in [0.5, 0.6) is 0 Å². The molecule has 1 aliphatic rings. The third-order valence-electron chi connectivity index (χ3n) is 6.50. The van der Waals surface area contributed by atoms with Crippen molar-refractivity contribution in [1.29, 1.82) is 0 Å². The van der Waals surface area contributed by atoms with Crippen molar-refractivity contribution in [1.82, 2.24) is 9.88 Å². The van der Waals surface area contributed by atoms with Crippen LogP contribution < -0.4 is 0 Å². The Labute approximate surface area is 183 Å². The maximum atomic E-state index is 13.2. The maximum absolute atomic E-state index is 13.2. The van der Waals surface area contributed by atoms with Crippen molar-refractivity contribution in [3.8, 4) is 0 Å². The Morgan fingerprint density at radius 3 is 2.65 bits per heavy atom. The fourth-order valence-electron chi connectivity index (χ4n) is 4.58. The van der Waals surface area contributed by atoms with Gasteiger partial charge in [-0.3, -0.25) is 14.5 Å². The number of aromatic nitrogens is 1. The number of aromatic amines is 1. The van der Waals surface area contributed by atoms with Crippen LogP contribution in [0.1, 0.15) is 43.7 Å². The first-order chi connectivity index (χ1) is 15.1. The summed E-state index contributed by atoms with van der Waals surface area (Å²) in [6, 6.07) is 18.2. The van der Waals surface area contributed by atoms with Crippen LogP contribution in [0.2, 0.25) is 0 Å². The minimum atomic E-state index is -0.576. The first-order valence-electron chi connectivity index (χ1n) is 11.1. The molecule has 5 heteroatoms. The van der Waals surface area contributed by atoms with Crippen molar-refractivity contribution in [2.24, 2.45) is 5.41 Å². The number of carbonyl (C=O) groups is 2. The maximum Gasteiger partial charge on any atom is 0.235 e. The molecule has 4 rings (SSSR count). The van der Waals surface area contributed by atoms with E-state index < -0.39 is 5.41 Å². The van der Waals surface area contributed by atoms with Gasteiger partial charge in [0.05, 0.1) is 12.0 Å². The van der Waals surface area contributed by atoms with Gasteiger partial charge in [-0.15, -0.1) is 0 Å². The minimum absolute atomic E-state index is 0.0112. The lowest BCUT2D eigenvalue weighted by Gasteiger charge is -2.25. The molecule has 0 bridgehead atoms. The van der Waals surface area contributed by atoms with Gasteiger partial charge in [-0.2, -0.15) is 0 Å². The molecular weight excluding hydrogens is 388 g/mol. The molecule has 0 radical (unpaired) electrons. The van der Waals surface area contributed by atoms with E-state index in [9.17, 15) is 9.59 Å². The summed E-state index contributed by atoms with van der Waals surface area (Å²) in [5.41, 5.74) is 2.78. The molecule has 31 heavy (non-hydrogen) atoms. The van der Waals surface area contributed by atoms with E-state index in [1.54, 1.807) is 0 Å². The Morgan fingerprint density at radius 2 is 1.84 bits per heavy atom. The lowest BCUT2D eigenvalue weighted by Crippen LogP contribution is -2.37. The molecule has 2 amide bonds. The number of carbonyl (C=O) groups excluding carboxylic acids is 2. The van der Waals surface area contributed by atoms with Crippen LogP contribution in [-0.2, 0) is 27.4 Å². The van der Waals surface area contributed by atoms with Gasteiger partial charge in [0.1, 0.15) is 0 Å². The van der Waals surface area contributed by atoms with Crippen LogP contribution in [0.4, 0.5) is 0 Å². The Bertz CT molecular complexity index is 1040. The van der Waals surface area contributed by atoms with Gasteiger partial charge in [0.2, 0.25) is 11.8 Å². The number of nitrogens with one attached hydrogen (secondary N) is 1. The third-order valence-corrected chi connectivity index (χ3v) is 6.50. The van der Waals surface area contributed by atoms with Crippen LogP contribution in [0.15, 0.2) is 60.8 Å². The van der Waals surface area contributed by atoms with Crippen LogP contribution in [-0.4, -0.2) is 34.8 Å². The predicted octanol–water partition coefficient (Wildman–Crippen LogP) is 4.86. The molecule has 3 aromatic rings. The summed E-state index contributed by atoms with van der Waals surface area (Å²) < 4.78 is 5.78.